The van der Waals surface area contributed by atoms with Gasteiger partial charge >= 0.3 is 0 Å². The molecule has 104 valence electrons. The third kappa shape index (κ3) is 2.61. The zero-order valence-electron chi connectivity index (χ0n) is 11.5. The maximum atomic E-state index is 8.54. The molecule has 2 aromatic heterocycles. The number of nitrogens with zero attached hydrogens (tertiary/aromatic N) is 3. The molecule has 0 amide bonds. The molecule has 20 heavy (non-hydrogen) atoms. The van der Waals surface area contributed by atoms with E-state index in [0.717, 1.165) is 36.5 Å². The minimum absolute atomic E-state index is 0.634. The molecule has 2 aromatic rings. The summed E-state index contributed by atoms with van der Waals surface area (Å²) >= 11 is 1.83. The van der Waals surface area contributed by atoms with Crippen molar-refractivity contribution in [1.82, 2.24) is 9.97 Å². The van der Waals surface area contributed by atoms with E-state index in [9.17, 15) is 0 Å². The number of rotatable bonds is 5. The first-order chi connectivity index (χ1) is 9.90. The zero-order valence-corrected chi connectivity index (χ0v) is 12.3. The number of anilines is 1. The van der Waals surface area contributed by atoms with Crippen molar-refractivity contribution in [2.45, 2.75) is 44.9 Å². The molecule has 0 bridgehead atoms. The molecule has 0 aromatic carbocycles. The highest BCUT2D eigenvalue weighted by Crippen LogP contribution is 2.37. The number of hydrogen-bond donors (Lipinski definition) is 1. The monoisotopic (exact) mass is 286 g/mol. The largest absolute Gasteiger partial charge is 0.369 e. The van der Waals surface area contributed by atoms with Gasteiger partial charge in [0.05, 0.1) is 11.5 Å². The van der Waals surface area contributed by atoms with E-state index in [1.54, 1.807) is 6.33 Å². The van der Waals surface area contributed by atoms with E-state index in [2.05, 4.69) is 21.4 Å². The number of aryl methyl sites for hydroxylation is 2. The predicted octanol–water partition coefficient (Wildman–Crippen LogP) is 3.68. The van der Waals surface area contributed by atoms with Crippen LogP contribution < -0.4 is 5.32 Å². The van der Waals surface area contributed by atoms with Gasteiger partial charge in [-0.3, -0.25) is 0 Å². The lowest BCUT2D eigenvalue weighted by atomic mass is 9.97. The minimum atomic E-state index is 0.634. The SMILES string of the molecule is N#CCCCCNc1ncnc2sc3c(c12)CCCC3. The summed E-state index contributed by atoms with van der Waals surface area (Å²) in [5.74, 6) is 0.978. The molecule has 1 aliphatic carbocycles. The van der Waals surface area contributed by atoms with Crippen LogP contribution in [-0.4, -0.2) is 16.5 Å². The highest BCUT2D eigenvalue weighted by molar-refractivity contribution is 7.19. The average molecular weight is 286 g/mol. The van der Waals surface area contributed by atoms with Crippen molar-refractivity contribution in [3.8, 4) is 6.07 Å². The molecule has 0 saturated carbocycles. The van der Waals surface area contributed by atoms with Gasteiger partial charge in [0.25, 0.3) is 0 Å². The van der Waals surface area contributed by atoms with Crippen molar-refractivity contribution < 1.29 is 0 Å². The fraction of sp³-hybridized carbons (Fsp3) is 0.533. The highest BCUT2D eigenvalue weighted by atomic mass is 32.1. The van der Waals surface area contributed by atoms with Crippen LogP contribution in [0.4, 0.5) is 5.82 Å². The smallest absolute Gasteiger partial charge is 0.138 e. The molecule has 0 atom stereocenters. The van der Waals surface area contributed by atoms with Gasteiger partial charge in [0.2, 0.25) is 0 Å². The third-order valence-corrected chi connectivity index (χ3v) is 4.96. The minimum Gasteiger partial charge on any atom is -0.369 e. The molecular formula is C15H18N4S. The number of nitrogens with one attached hydrogen (secondary N) is 1. The summed E-state index contributed by atoms with van der Waals surface area (Å²) in [7, 11) is 0. The van der Waals surface area contributed by atoms with Crippen LogP contribution in [0, 0.1) is 11.3 Å². The van der Waals surface area contributed by atoms with E-state index in [1.807, 2.05) is 11.3 Å². The van der Waals surface area contributed by atoms with Crippen LogP contribution >= 0.6 is 11.3 Å². The summed E-state index contributed by atoms with van der Waals surface area (Å²) in [4.78, 5) is 11.5. The fourth-order valence-electron chi connectivity index (χ4n) is 2.76. The Morgan fingerprint density at radius 2 is 2.15 bits per heavy atom. The Labute approximate surface area is 122 Å². The molecule has 3 rings (SSSR count). The second kappa shape index (κ2) is 6.19. The van der Waals surface area contributed by atoms with Gasteiger partial charge in [-0.25, -0.2) is 9.97 Å². The number of fused-ring (bicyclic) bond motifs is 3. The molecule has 1 aliphatic rings. The number of unbranched alkanes of at least 4 members (excludes halogenated alkanes) is 2. The maximum absolute atomic E-state index is 8.54. The third-order valence-electron chi connectivity index (χ3n) is 3.76. The van der Waals surface area contributed by atoms with E-state index < -0.39 is 0 Å². The van der Waals surface area contributed by atoms with Crippen LogP contribution in [0.3, 0.4) is 0 Å². The molecule has 2 heterocycles. The van der Waals surface area contributed by atoms with Gasteiger partial charge < -0.3 is 5.32 Å². The van der Waals surface area contributed by atoms with E-state index in [1.165, 1.54) is 35.1 Å². The zero-order chi connectivity index (χ0) is 13.8. The van der Waals surface area contributed by atoms with Crippen LogP contribution in [0.15, 0.2) is 6.33 Å². The van der Waals surface area contributed by atoms with E-state index >= 15 is 0 Å². The lowest BCUT2D eigenvalue weighted by Crippen LogP contribution is -2.05. The number of nitriles is 1. The lowest BCUT2D eigenvalue weighted by Gasteiger charge is -2.12. The molecule has 0 unspecified atom stereocenters. The van der Waals surface area contributed by atoms with Crippen LogP contribution in [-0.2, 0) is 12.8 Å². The molecule has 0 spiro atoms. The normalized spacial score (nSPS) is 13.9. The maximum Gasteiger partial charge on any atom is 0.138 e. The summed E-state index contributed by atoms with van der Waals surface area (Å²) in [6, 6.07) is 2.18. The van der Waals surface area contributed by atoms with Gasteiger partial charge in [-0.1, -0.05) is 0 Å². The molecule has 0 radical (unpaired) electrons. The Kier molecular flexibility index (Phi) is 4.12. The van der Waals surface area contributed by atoms with Crippen molar-refractivity contribution in [1.29, 1.82) is 5.26 Å². The average Bonchev–Trinajstić information content (AvgIpc) is 2.86. The van der Waals surface area contributed by atoms with Gasteiger partial charge in [-0.15, -0.1) is 11.3 Å². The first kappa shape index (κ1) is 13.3. The summed E-state index contributed by atoms with van der Waals surface area (Å²) in [5, 5.41) is 13.2. The van der Waals surface area contributed by atoms with Crippen molar-refractivity contribution in [2.75, 3.05) is 11.9 Å². The topological polar surface area (TPSA) is 61.6 Å². The quantitative estimate of drug-likeness (QED) is 0.852. The van der Waals surface area contributed by atoms with Gasteiger partial charge in [0.15, 0.2) is 0 Å². The summed E-state index contributed by atoms with van der Waals surface area (Å²) < 4.78 is 0. The molecule has 5 heteroatoms. The van der Waals surface area contributed by atoms with E-state index in [-0.39, 0.29) is 0 Å². The fourth-order valence-corrected chi connectivity index (χ4v) is 3.99. The van der Waals surface area contributed by atoms with Crippen LogP contribution in [0.1, 0.15) is 42.5 Å². The van der Waals surface area contributed by atoms with Crippen LogP contribution in [0.2, 0.25) is 0 Å². The highest BCUT2D eigenvalue weighted by Gasteiger charge is 2.19. The molecule has 0 saturated heterocycles. The van der Waals surface area contributed by atoms with Crippen molar-refractivity contribution in [3.63, 3.8) is 0 Å². The van der Waals surface area contributed by atoms with Gasteiger partial charge in [0.1, 0.15) is 17.0 Å². The molecule has 4 nitrogen and oxygen atoms in total. The molecule has 1 N–H and O–H groups in total. The Morgan fingerprint density at radius 3 is 3.05 bits per heavy atom. The van der Waals surface area contributed by atoms with E-state index in [4.69, 9.17) is 5.26 Å². The van der Waals surface area contributed by atoms with Crippen LogP contribution in [0.5, 0.6) is 0 Å². The molecule has 0 aliphatic heterocycles. The predicted molar refractivity (Wildman–Crippen MR) is 82.0 cm³/mol. The second-order valence-electron chi connectivity index (χ2n) is 5.16. The first-order valence-corrected chi connectivity index (χ1v) is 8.08. The number of thiophene rings is 1. The molecular weight excluding hydrogens is 268 g/mol. The van der Waals surface area contributed by atoms with Gasteiger partial charge in [-0.2, -0.15) is 5.26 Å². The van der Waals surface area contributed by atoms with Gasteiger partial charge in [0, 0.05) is 17.8 Å². The molecule has 0 fully saturated rings. The van der Waals surface area contributed by atoms with Crippen molar-refractivity contribution >= 4 is 27.4 Å². The van der Waals surface area contributed by atoms with E-state index in [0.29, 0.717) is 6.42 Å². The Hall–Kier alpha value is -1.67. The van der Waals surface area contributed by atoms with Crippen molar-refractivity contribution in [2.24, 2.45) is 0 Å². The number of aromatic nitrogens is 2. The Bertz CT molecular complexity index is 641. The standard InChI is InChI=1S/C15H18N4S/c16-8-4-1-5-9-17-14-13-11-6-2-3-7-12(11)20-15(13)19-10-18-14/h10H,1-7,9H2,(H,17,18,19). The van der Waals surface area contributed by atoms with Gasteiger partial charge in [-0.05, 0) is 44.1 Å². The number of hydrogen-bond acceptors (Lipinski definition) is 5. The van der Waals surface area contributed by atoms with Crippen molar-refractivity contribution in [3.05, 3.63) is 16.8 Å². The summed E-state index contributed by atoms with van der Waals surface area (Å²) in [5.41, 5.74) is 1.47. The Morgan fingerprint density at radius 1 is 1.25 bits per heavy atom. The Balaban J connectivity index is 1.80. The first-order valence-electron chi connectivity index (χ1n) is 7.26. The summed E-state index contributed by atoms with van der Waals surface area (Å²) in [6.45, 7) is 0.873. The second-order valence-corrected chi connectivity index (χ2v) is 6.24. The summed E-state index contributed by atoms with van der Waals surface area (Å²) in [6.07, 6.45) is 9.16. The van der Waals surface area contributed by atoms with Crippen LogP contribution in [0.25, 0.3) is 10.2 Å². The lowest BCUT2D eigenvalue weighted by molar-refractivity contribution is 0.700.